The van der Waals surface area contributed by atoms with E-state index >= 15 is 0 Å². The van der Waals surface area contributed by atoms with Crippen molar-refractivity contribution in [3.63, 3.8) is 0 Å². The Kier molecular flexibility index (Phi) is 7.91. The average Bonchev–Trinajstić information content (AvgIpc) is 2.84. The van der Waals surface area contributed by atoms with Crippen LogP contribution < -0.4 is 15.4 Å². The van der Waals surface area contributed by atoms with E-state index in [0.717, 1.165) is 11.6 Å². The van der Waals surface area contributed by atoms with Gasteiger partial charge >= 0.3 is 0 Å². The molecule has 1 aromatic heterocycles. The Hall–Kier alpha value is -4.14. The number of nitrogens with zero attached hydrogens (tertiary/aromatic N) is 1. The molecule has 1 heterocycles. The number of pyridine rings is 1. The fourth-order valence-electron chi connectivity index (χ4n) is 3.44. The van der Waals surface area contributed by atoms with Crippen LogP contribution in [0.4, 0.5) is 20.3 Å². The second-order valence-corrected chi connectivity index (χ2v) is 7.85. The molecule has 9 heteroatoms. The molecule has 0 spiro atoms. The molecule has 0 radical (unpaired) electrons. The van der Waals surface area contributed by atoms with E-state index in [2.05, 4.69) is 15.6 Å². The number of amides is 2. The van der Waals surface area contributed by atoms with Gasteiger partial charge in [0.1, 0.15) is 17.3 Å². The maximum atomic E-state index is 14.0. The zero-order valence-electron chi connectivity index (χ0n) is 19.6. The van der Waals surface area contributed by atoms with Gasteiger partial charge in [0.05, 0.1) is 7.11 Å². The number of hydrogen-bond acceptors (Lipinski definition) is 5. The fourth-order valence-corrected chi connectivity index (χ4v) is 3.44. The Morgan fingerprint density at radius 2 is 1.71 bits per heavy atom. The molecule has 0 aliphatic rings. The van der Waals surface area contributed by atoms with Gasteiger partial charge in [-0.15, -0.1) is 0 Å². The molecule has 3 aromatic rings. The second-order valence-electron chi connectivity index (χ2n) is 7.85. The largest absolute Gasteiger partial charge is 0.494 e. The van der Waals surface area contributed by atoms with Gasteiger partial charge in [-0.25, -0.2) is 13.8 Å². The zero-order valence-corrected chi connectivity index (χ0v) is 19.6. The summed E-state index contributed by atoms with van der Waals surface area (Å²) in [6.07, 6.45) is -0.394. The number of ether oxygens (including phenoxy) is 1. The molecule has 35 heavy (non-hydrogen) atoms. The molecule has 0 saturated carbocycles. The number of anilines is 2. The Morgan fingerprint density at radius 1 is 1.03 bits per heavy atom. The van der Waals surface area contributed by atoms with Crippen molar-refractivity contribution < 1.29 is 23.1 Å². The first kappa shape index (κ1) is 25.5. The normalized spacial score (nSPS) is 11.9. The predicted molar refractivity (Wildman–Crippen MR) is 131 cm³/mol. The molecule has 0 bridgehead atoms. The van der Waals surface area contributed by atoms with Gasteiger partial charge in [0.2, 0.25) is 11.8 Å². The minimum absolute atomic E-state index is 0.105. The fraction of sp³-hybridized carbons (Fsp3) is 0.231. The Morgan fingerprint density at radius 3 is 2.34 bits per heavy atom. The summed E-state index contributed by atoms with van der Waals surface area (Å²) in [7, 11) is 1.51. The predicted octanol–water partition coefficient (Wildman–Crippen LogP) is 5.49. The van der Waals surface area contributed by atoms with E-state index < -0.39 is 30.1 Å². The number of hydrogen-bond donors (Lipinski definition) is 3. The van der Waals surface area contributed by atoms with Gasteiger partial charge in [0.15, 0.2) is 5.92 Å². The highest BCUT2D eigenvalue weighted by atomic mass is 19.3. The summed E-state index contributed by atoms with van der Waals surface area (Å²) in [4.78, 5) is 30.3. The van der Waals surface area contributed by atoms with Crippen molar-refractivity contribution in [1.82, 2.24) is 4.98 Å². The van der Waals surface area contributed by atoms with Crippen LogP contribution in [0.25, 0.3) is 11.3 Å². The Labute approximate surface area is 202 Å². The number of benzene rings is 2. The Balaban J connectivity index is 1.81. The van der Waals surface area contributed by atoms with Crippen molar-refractivity contribution >= 4 is 29.0 Å². The van der Waals surface area contributed by atoms with Crippen LogP contribution in [-0.2, 0) is 15.5 Å². The smallest absolute Gasteiger partial charge is 0.273 e. The van der Waals surface area contributed by atoms with E-state index in [9.17, 15) is 18.4 Å². The van der Waals surface area contributed by atoms with Gasteiger partial charge in [-0.1, -0.05) is 49.4 Å². The monoisotopic (exact) mass is 480 g/mol. The first-order chi connectivity index (χ1) is 16.7. The maximum absolute atomic E-state index is 14.0. The van der Waals surface area contributed by atoms with E-state index in [1.54, 1.807) is 6.07 Å². The van der Waals surface area contributed by atoms with E-state index in [1.807, 2.05) is 30.3 Å². The molecule has 0 aliphatic carbocycles. The lowest BCUT2D eigenvalue weighted by molar-refractivity contribution is -0.126. The molecule has 3 N–H and O–H groups in total. The lowest BCUT2D eigenvalue weighted by atomic mass is 10.0. The van der Waals surface area contributed by atoms with Crippen LogP contribution in [0.3, 0.4) is 0 Å². The molecule has 2 amide bonds. The van der Waals surface area contributed by atoms with Gasteiger partial charge in [-0.3, -0.25) is 9.59 Å². The minimum Gasteiger partial charge on any atom is -0.494 e. The number of alkyl halides is 2. The van der Waals surface area contributed by atoms with Crippen molar-refractivity contribution in [2.45, 2.75) is 26.2 Å². The van der Waals surface area contributed by atoms with Crippen molar-refractivity contribution in [2.24, 2.45) is 5.92 Å². The van der Waals surface area contributed by atoms with Crippen molar-refractivity contribution in [2.75, 3.05) is 17.7 Å². The van der Waals surface area contributed by atoms with Crippen LogP contribution in [0, 0.1) is 11.3 Å². The van der Waals surface area contributed by atoms with Crippen molar-refractivity contribution in [1.29, 1.82) is 5.41 Å². The molecule has 0 saturated heterocycles. The molecule has 0 aliphatic heterocycles. The van der Waals surface area contributed by atoms with Crippen LogP contribution >= 0.6 is 0 Å². The van der Waals surface area contributed by atoms with E-state index in [0.29, 0.717) is 11.4 Å². The number of halogens is 2. The van der Waals surface area contributed by atoms with E-state index in [4.69, 9.17) is 10.1 Å². The quantitative estimate of drug-likeness (QED) is 0.278. The molecule has 3 rings (SSSR count). The number of nitrogens with one attached hydrogen (secondary N) is 3. The Bertz CT molecular complexity index is 1230. The lowest BCUT2D eigenvalue weighted by Crippen LogP contribution is -2.38. The molecule has 0 fully saturated rings. The van der Waals surface area contributed by atoms with Gasteiger partial charge < -0.3 is 20.8 Å². The minimum atomic E-state index is -3.05. The number of aromatic nitrogens is 1. The molecule has 1 unspecified atom stereocenters. The summed E-state index contributed by atoms with van der Waals surface area (Å²) in [5.74, 6) is -5.47. The number of methoxy groups -OCH3 is 1. The number of rotatable bonds is 9. The topological polar surface area (TPSA) is 104 Å². The first-order valence-corrected chi connectivity index (χ1v) is 10.9. The highest BCUT2D eigenvalue weighted by Gasteiger charge is 2.31. The highest BCUT2D eigenvalue weighted by Crippen LogP contribution is 2.33. The first-order valence-electron chi connectivity index (χ1n) is 10.9. The molecular weight excluding hydrogens is 454 g/mol. The molecule has 7 nitrogen and oxygen atoms in total. The third-order valence-electron chi connectivity index (χ3n) is 5.33. The third kappa shape index (κ3) is 6.06. The third-order valence-corrected chi connectivity index (χ3v) is 5.33. The standard InChI is InChI=1S/C26H26F2N4O3/c1-4-26(27,28)18-11-8-12-19(15-18)30-24(33)22(16(2)29)25(34)32-21-14-13-20(35-3)23(31-21)17-9-6-5-7-10-17/h5-15,22,29H,4H2,1-3H3,(H,30,33)(H,31,32,34). The zero-order chi connectivity index (χ0) is 25.6. The number of carbonyl (C=O) groups is 2. The van der Waals surface area contributed by atoms with Crippen molar-refractivity contribution in [3.8, 4) is 17.0 Å². The second kappa shape index (κ2) is 10.9. The van der Waals surface area contributed by atoms with E-state index in [-0.39, 0.29) is 22.8 Å². The van der Waals surface area contributed by atoms with E-state index in [1.165, 1.54) is 45.2 Å². The number of carbonyl (C=O) groups excluding carboxylic acids is 2. The summed E-state index contributed by atoms with van der Waals surface area (Å²) < 4.78 is 33.4. The summed E-state index contributed by atoms with van der Waals surface area (Å²) in [5.41, 5.74) is 0.899. The summed E-state index contributed by atoms with van der Waals surface area (Å²) in [5, 5.41) is 13.0. The maximum Gasteiger partial charge on any atom is 0.273 e. The van der Waals surface area contributed by atoms with Gasteiger partial charge in [0, 0.05) is 28.9 Å². The van der Waals surface area contributed by atoms with Gasteiger partial charge in [-0.2, -0.15) is 0 Å². The molecule has 182 valence electrons. The average molecular weight is 481 g/mol. The van der Waals surface area contributed by atoms with Crippen LogP contribution in [-0.4, -0.2) is 29.6 Å². The molecular formula is C26H26F2N4O3. The van der Waals surface area contributed by atoms with Crippen LogP contribution in [0.5, 0.6) is 5.75 Å². The van der Waals surface area contributed by atoms with Crippen molar-refractivity contribution in [3.05, 3.63) is 72.3 Å². The SMILES string of the molecule is CCC(F)(F)c1cccc(NC(=O)C(C(C)=N)C(=O)Nc2ccc(OC)c(-c3ccccc3)n2)c1. The van der Waals surface area contributed by atoms with Gasteiger partial charge in [0.25, 0.3) is 5.92 Å². The van der Waals surface area contributed by atoms with Crippen LogP contribution in [0.2, 0.25) is 0 Å². The molecule has 1 atom stereocenters. The molecule has 2 aromatic carbocycles. The van der Waals surface area contributed by atoms with Crippen LogP contribution in [0.15, 0.2) is 66.7 Å². The highest BCUT2D eigenvalue weighted by molar-refractivity contribution is 6.24. The summed E-state index contributed by atoms with van der Waals surface area (Å²) in [6.45, 7) is 2.68. The summed E-state index contributed by atoms with van der Waals surface area (Å²) >= 11 is 0. The lowest BCUT2D eigenvalue weighted by Gasteiger charge is -2.18. The summed E-state index contributed by atoms with van der Waals surface area (Å²) in [6, 6.07) is 17.6. The van der Waals surface area contributed by atoms with Gasteiger partial charge in [-0.05, 0) is 31.2 Å². The van der Waals surface area contributed by atoms with Crippen LogP contribution in [0.1, 0.15) is 25.8 Å².